The summed E-state index contributed by atoms with van der Waals surface area (Å²) in [5.41, 5.74) is 7.82. The van der Waals surface area contributed by atoms with Crippen LogP contribution in [0.2, 0.25) is 19.6 Å². The normalized spacial score (nSPS) is 14.4. The second-order valence-corrected chi connectivity index (χ2v) is 15.1. The van der Waals surface area contributed by atoms with Gasteiger partial charge in [0.25, 0.3) is 0 Å². The summed E-state index contributed by atoms with van der Waals surface area (Å²) in [5, 5.41) is 21.3. The van der Waals surface area contributed by atoms with E-state index < -0.39 is 8.07 Å². The van der Waals surface area contributed by atoms with Crippen molar-refractivity contribution in [1.82, 2.24) is 4.98 Å². The minimum Gasteiger partial charge on any atom is -0.393 e. The number of aliphatic hydroxyl groups is 2. The van der Waals surface area contributed by atoms with E-state index in [1.165, 1.54) is 43.8 Å². The summed E-state index contributed by atoms with van der Waals surface area (Å²) in [7, 11) is -1.31. The molecule has 3 nitrogen and oxygen atoms in total. The molecule has 1 aliphatic carbocycles. The first kappa shape index (κ1) is 26.9. The van der Waals surface area contributed by atoms with Gasteiger partial charge in [-0.15, -0.1) is 34.4 Å². The predicted molar refractivity (Wildman–Crippen MR) is 134 cm³/mol. The molecule has 0 amide bonds. The Labute approximate surface area is 207 Å². The summed E-state index contributed by atoms with van der Waals surface area (Å²) in [6.07, 6.45) is 3.95. The van der Waals surface area contributed by atoms with Crippen molar-refractivity contribution in [3.63, 3.8) is 0 Å². The molecule has 2 aromatic carbocycles. The van der Waals surface area contributed by atoms with Gasteiger partial charge in [-0.2, -0.15) is 0 Å². The number of fused-ring (bicyclic) bond motifs is 5. The van der Waals surface area contributed by atoms with Crippen LogP contribution >= 0.6 is 0 Å². The summed E-state index contributed by atoms with van der Waals surface area (Å²) >= 11 is 0. The Morgan fingerprint density at radius 1 is 1.00 bits per heavy atom. The van der Waals surface area contributed by atoms with E-state index in [0.29, 0.717) is 6.42 Å². The molecule has 3 aromatic rings. The molecular weight excluding hydrogens is 591 g/mol. The van der Waals surface area contributed by atoms with Crippen molar-refractivity contribution in [3.05, 3.63) is 58.8 Å². The molecule has 0 saturated carbocycles. The van der Waals surface area contributed by atoms with Crippen molar-refractivity contribution < 1.29 is 30.3 Å². The number of hydrogen-bond acceptors (Lipinski definition) is 3. The molecule has 32 heavy (non-hydrogen) atoms. The van der Waals surface area contributed by atoms with Crippen molar-refractivity contribution in [2.45, 2.75) is 78.8 Å². The van der Waals surface area contributed by atoms with Crippen LogP contribution in [0.1, 0.15) is 42.5 Å². The van der Waals surface area contributed by atoms with E-state index in [9.17, 15) is 0 Å². The quantitative estimate of drug-likeness (QED) is 0.315. The van der Waals surface area contributed by atoms with Gasteiger partial charge in [0, 0.05) is 26.3 Å². The molecule has 0 spiro atoms. The second kappa shape index (κ2) is 10.7. The summed E-state index contributed by atoms with van der Waals surface area (Å²) in [6, 6.07) is 12.8. The topological polar surface area (TPSA) is 53.4 Å². The van der Waals surface area contributed by atoms with Gasteiger partial charge >= 0.3 is 0 Å². The van der Waals surface area contributed by atoms with E-state index >= 15 is 0 Å². The van der Waals surface area contributed by atoms with Crippen LogP contribution < -0.4 is 5.19 Å². The average molecular weight is 627 g/mol. The van der Waals surface area contributed by atoms with Crippen LogP contribution in [0.4, 0.5) is 0 Å². The van der Waals surface area contributed by atoms with Gasteiger partial charge in [0.05, 0.1) is 20.3 Å². The third-order valence-corrected chi connectivity index (χ3v) is 7.98. The molecule has 1 heterocycles. The maximum Gasteiger partial charge on any atom is 0.0776 e. The van der Waals surface area contributed by atoms with Crippen molar-refractivity contribution >= 4 is 24.0 Å². The fourth-order valence-corrected chi connectivity index (χ4v) is 5.55. The first-order valence-corrected chi connectivity index (χ1v) is 14.8. The van der Waals surface area contributed by atoms with Crippen molar-refractivity contribution in [2.75, 3.05) is 0 Å². The SMILES string of the molecule is CC(O)CC(C)O.Cc1[c-]c2c(c(C)c1)CCc1c-2ncc2ccc([Si](C)(C)C)cc12.[Ir]. The molecular formula is C27H36IrNO2Si-. The molecule has 5 heteroatoms. The maximum absolute atomic E-state index is 8.56. The van der Waals surface area contributed by atoms with Gasteiger partial charge in [0.15, 0.2) is 0 Å². The summed E-state index contributed by atoms with van der Waals surface area (Å²) in [4.78, 5) is 4.84. The Balaban J connectivity index is 0.000000398. The zero-order valence-electron chi connectivity index (χ0n) is 20.3. The number of aryl methyl sites for hydroxylation is 3. The third-order valence-electron chi connectivity index (χ3n) is 5.94. The van der Waals surface area contributed by atoms with Gasteiger partial charge in [-0.1, -0.05) is 68.9 Å². The van der Waals surface area contributed by atoms with Gasteiger partial charge in [-0.05, 0) is 43.2 Å². The summed E-state index contributed by atoms with van der Waals surface area (Å²) < 4.78 is 0. The van der Waals surface area contributed by atoms with E-state index in [2.05, 4.69) is 63.8 Å². The van der Waals surface area contributed by atoms with Gasteiger partial charge in [0.2, 0.25) is 0 Å². The molecule has 0 saturated heterocycles. The molecule has 175 valence electrons. The van der Waals surface area contributed by atoms with E-state index in [4.69, 9.17) is 15.2 Å². The fraction of sp³-hybridized carbons (Fsp3) is 0.444. The number of nitrogens with zero attached hydrogens (tertiary/aromatic N) is 1. The first-order chi connectivity index (χ1) is 14.5. The van der Waals surface area contributed by atoms with Crippen LogP contribution in [0.25, 0.3) is 22.0 Å². The van der Waals surface area contributed by atoms with Crippen LogP contribution in [0.15, 0.2) is 30.5 Å². The van der Waals surface area contributed by atoms with Crippen molar-refractivity contribution in [2.24, 2.45) is 0 Å². The second-order valence-electron chi connectivity index (χ2n) is 10.1. The smallest absolute Gasteiger partial charge is 0.0776 e. The van der Waals surface area contributed by atoms with Crippen LogP contribution in [-0.2, 0) is 32.9 Å². The van der Waals surface area contributed by atoms with Crippen LogP contribution in [0, 0.1) is 19.9 Å². The Morgan fingerprint density at radius 3 is 2.19 bits per heavy atom. The summed E-state index contributed by atoms with van der Waals surface area (Å²) in [6.45, 7) is 14.9. The minimum absolute atomic E-state index is 0. The molecule has 0 aliphatic heterocycles. The monoisotopic (exact) mass is 627 g/mol. The Hall–Kier alpha value is -1.36. The Bertz CT molecular complexity index is 1080. The van der Waals surface area contributed by atoms with Crippen LogP contribution in [0.3, 0.4) is 0 Å². The number of benzene rings is 2. The average Bonchev–Trinajstić information content (AvgIpc) is 2.65. The largest absolute Gasteiger partial charge is 0.393 e. The number of rotatable bonds is 3. The third kappa shape index (κ3) is 6.15. The predicted octanol–water partition coefficient (Wildman–Crippen LogP) is 5.10. The zero-order chi connectivity index (χ0) is 22.9. The van der Waals surface area contributed by atoms with Crippen molar-refractivity contribution in [3.8, 4) is 11.3 Å². The molecule has 0 fully saturated rings. The number of pyridine rings is 1. The molecule has 1 aromatic heterocycles. The number of hydrogen-bond donors (Lipinski definition) is 2. The van der Waals surface area contributed by atoms with Crippen LogP contribution in [-0.4, -0.2) is 35.5 Å². The fourth-order valence-electron chi connectivity index (χ4n) is 4.39. The number of aliphatic hydroxyl groups excluding tert-OH is 2. The number of aromatic nitrogens is 1. The standard InChI is InChI=1S/C22H24NSi.C5H12O2.Ir/c1-14-10-15(2)18-8-9-19-20-12-17(24(3,4)5)7-6-16(20)13-23-22(19)21(18)11-14;1-4(6)3-5(2)7;/h6-7,10,12-13H,8-9H2,1-5H3;4-7H,3H2,1-2H3;/q-1;;. The Morgan fingerprint density at radius 2 is 1.62 bits per heavy atom. The summed E-state index contributed by atoms with van der Waals surface area (Å²) in [5.74, 6) is 0. The zero-order valence-corrected chi connectivity index (χ0v) is 23.7. The van der Waals surface area contributed by atoms with Gasteiger partial charge < -0.3 is 15.2 Å². The molecule has 2 N–H and O–H groups in total. The Kier molecular flexibility index (Phi) is 9.00. The van der Waals surface area contributed by atoms with Gasteiger partial charge in [-0.3, -0.25) is 0 Å². The maximum atomic E-state index is 8.56. The molecule has 1 aliphatic rings. The van der Waals surface area contributed by atoms with Crippen LogP contribution in [0.5, 0.6) is 0 Å². The van der Waals surface area contributed by atoms with Gasteiger partial charge in [0.1, 0.15) is 0 Å². The molecule has 4 rings (SSSR count). The van der Waals surface area contributed by atoms with E-state index in [-0.39, 0.29) is 32.3 Å². The molecule has 1 radical (unpaired) electrons. The molecule has 2 unspecified atom stereocenters. The van der Waals surface area contributed by atoms with E-state index in [0.717, 1.165) is 18.5 Å². The molecule has 2 atom stereocenters. The van der Waals surface area contributed by atoms with E-state index in [1.807, 2.05) is 6.20 Å². The van der Waals surface area contributed by atoms with E-state index in [1.54, 1.807) is 13.8 Å². The first-order valence-electron chi connectivity index (χ1n) is 11.3. The van der Waals surface area contributed by atoms with Crippen molar-refractivity contribution in [1.29, 1.82) is 0 Å². The molecule has 0 bridgehead atoms. The minimum atomic E-state index is -1.31. The van der Waals surface area contributed by atoms with Gasteiger partial charge in [-0.25, -0.2) is 0 Å².